The molecule has 2 aliphatic rings. The Bertz CT molecular complexity index is 803. The molecule has 0 bridgehead atoms. The standard InChI is InChI=1S/C24H36N4O4/c1-18(29)27-14-12-26(13-15-27)10-8-21-17-28(11-9-20(21)16-23(30)31)24(32)19-4-6-22(7-5-19)25(2)3/h4-7,20-21H,8-17H2,1-3H3,(H,30,31)/t20-,21+/m0/s1. The third kappa shape index (κ3) is 6.22. The highest BCUT2D eigenvalue weighted by molar-refractivity contribution is 5.94. The number of carbonyl (C=O) groups is 3. The van der Waals surface area contributed by atoms with E-state index in [-0.39, 0.29) is 30.1 Å². The average molecular weight is 445 g/mol. The van der Waals surface area contributed by atoms with Crippen LogP contribution in [-0.4, -0.2) is 97.5 Å². The molecule has 0 aliphatic carbocycles. The number of piperazine rings is 1. The molecular formula is C24H36N4O4. The first-order valence-electron chi connectivity index (χ1n) is 11.5. The zero-order valence-electron chi connectivity index (χ0n) is 19.5. The molecule has 0 radical (unpaired) electrons. The second-order valence-corrected chi connectivity index (χ2v) is 9.24. The largest absolute Gasteiger partial charge is 0.481 e. The van der Waals surface area contributed by atoms with E-state index in [9.17, 15) is 19.5 Å². The summed E-state index contributed by atoms with van der Waals surface area (Å²) in [4.78, 5) is 44.2. The van der Waals surface area contributed by atoms with Crippen molar-refractivity contribution in [3.8, 4) is 0 Å². The fraction of sp³-hybridized carbons (Fsp3) is 0.625. The number of piperidine rings is 1. The number of hydrogen-bond donors (Lipinski definition) is 1. The number of nitrogens with zero attached hydrogens (tertiary/aromatic N) is 4. The van der Waals surface area contributed by atoms with E-state index in [2.05, 4.69) is 4.90 Å². The van der Waals surface area contributed by atoms with Crippen LogP contribution in [0.2, 0.25) is 0 Å². The van der Waals surface area contributed by atoms with Crippen molar-refractivity contribution < 1.29 is 19.5 Å². The van der Waals surface area contributed by atoms with Crippen molar-refractivity contribution >= 4 is 23.5 Å². The molecule has 176 valence electrons. The van der Waals surface area contributed by atoms with Crippen molar-refractivity contribution in [3.63, 3.8) is 0 Å². The van der Waals surface area contributed by atoms with Crippen LogP contribution in [-0.2, 0) is 9.59 Å². The molecule has 8 nitrogen and oxygen atoms in total. The van der Waals surface area contributed by atoms with E-state index in [1.54, 1.807) is 6.92 Å². The molecule has 1 N–H and O–H groups in total. The molecule has 8 heteroatoms. The van der Waals surface area contributed by atoms with Gasteiger partial charge in [0.15, 0.2) is 0 Å². The van der Waals surface area contributed by atoms with Crippen LogP contribution in [0, 0.1) is 11.8 Å². The van der Waals surface area contributed by atoms with Gasteiger partial charge in [0, 0.05) is 78.0 Å². The van der Waals surface area contributed by atoms with Gasteiger partial charge in [0.1, 0.15) is 0 Å². The van der Waals surface area contributed by atoms with E-state index in [4.69, 9.17) is 0 Å². The molecule has 1 aromatic carbocycles. The predicted molar refractivity (Wildman–Crippen MR) is 124 cm³/mol. The smallest absolute Gasteiger partial charge is 0.303 e. The van der Waals surface area contributed by atoms with Gasteiger partial charge in [-0.2, -0.15) is 0 Å². The maximum Gasteiger partial charge on any atom is 0.303 e. The quantitative estimate of drug-likeness (QED) is 0.691. The highest BCUT2D eigenvalue weighted by Gasteiger charge is 2.33. The molecule has 0 spiro atoms. The summed E-state index contributed by atoms with van der Waals surface area (Å²) in [6, 6.07) is 7.63. The van der Waals surface area contributed by atoms with E-state index in [1.807, 2.05) is 53.1 Å². The lowest BCUT2D eigenvalue weighted by molar-refractivity contribution is -0.139. The van der Waals surface area contributed by atoms with Gasteiger partial charge in [-0.15, -0.1) is 0 Å². The van der Waals surface area contributed by atoms with Gasteiger partial charge >= 0.3 is 5.97 Å². The Balaban J connectivity index is 1.60. The number of carboxylic acid groups (broad SMARTS) is 1. The number of hydrogen-bond acceptors (Lipinski definition) is 5. The van der Waals surface area contributed by atoms with Crippen LogP contribution in [0.3, 0.4) is 0 Å². The van der Waals surface area contributed by atoms with Crippen molar-refractivity contribution in [1.82, 2.24) is 14.7 Å². The molecule has 0 unspecified atom stereocenters. The summed E-state index contributed by atoms with van der Waals surface area (Å²) >= 11 is 0. The third-order valence-corrected chi connectivity index (χ3v) is 6.88. The highest BCUT2D eigenvalue weighted by Crippen LogP contribution is 2.30. The van der Waals surface area contributed by atoms with Crippen LogP contribution in [0.5, 0.6) is 0 Å². The highest BCUT2D eigenvalue weighted by atomic mass is 16.4. The summed E-state index contributed by atoms with van der Waals surface area (Å²) in [5, 5.41) is 9.37. The van der Waals surface area contributed by atoms with Gasteiger partial charge in [-0.25, -0.2) is 0 Å². The van der Waals surface area contributed by atoms with Gasteiger partial charge in [0.25, 0.3) is 5.91 Å². The Morgan fingerprint density at radius 1 is 0.969 bits per heavy atom. The Hall–Kier alpha value is -2.61. The average Bonchev–Trinajstić information content (AvgIpc) is 2.78. The van der Waals surface area contributed by atoms with Crippen LogP contribution in [0.25, 0.3) is 0 Å². The Labute approximate surface area is 190 Å². The number of carboxylic acids is 1. The lowest BCUT2D eigenvalue weighted by Gasteiger charge is -2.40. The summed E-state index contributed by atoms with van der Waals surface area (Å²) in [6.45, 7) is 6.84. The molecule has 1 aromatic rings. The first kappa shape index (κ1) is 24.0. The van der Waals surface area contributed by atoms with E-state index < -0.39 is 5.97 Å². The maximum absolute atomic E-state index is 13.1. The van der Waals surface area contributed by atoms with Gasteiger partial charge in [-0.3, -0.25) is 19.3 Å². The lowest BCUT2D eigenvalue weighted by atomic mass is 9.81. The molecule has 0 aromatic heterocycles. The van der Waals surface area contributed by atoms with E-state index >= 15 is 0 Å². The molecule has 3 rings (SSSR count). The third-order valence-electron chi connectivity index (χ3n) is 6.88. The topological polar surface area (TPSA) is 84.4 Å². The molecule has 2 aliphatic heterocycles. The first-order valence-corrected chi connectivity index (χ1v) is 11.5. The zero-order chi connectivity index (χ0) is 23.3. The molecule has 2 fully saturated rings. The van der Waals surface area contributed by atoms with E-state index in [0.717, 1.165) is 51.3 Å². The number of likely N-dealkylation sites (tertiary alicyclic amines) is 1. The zero-order valence-corrected chi connectivity index (χ0v) is 19.5. The van der Waals surface area contributed by atoms with Gasteiger partial charge in [0.2, 0.25) is 5.91 Å². The normalized spacial score (nSPS) is 22.0. The van der Waals surface area contributed by atoms with Gasteiger partial charge in [-0.1, -0.05) is 0 Å². The summed E-state index contributed by atoms with van der Waals surface area (Å²) in [5.74, 6) is -0.383. The number of aliphatic carboxylic acids is 1. The van der Waals surface area contributed by atoms with Crippen LogP contribution >= 0.6 is 0 Å². The monoisotopic (exact) mass is 444 g/mol. The van der Waals surface area contributed by atoms with Crippen LogP contribution in [0.15, 0.2) is 24.3 Å². The molecule has 2 amide bonds. The van der Waals surface area contributed by atoms with E-state index in [1.165, 1.54) is 0 Å². The van der Waals surface area contributed by atoms with Crippen molar-refractivity contribution in [2.75, 3.05) is 64.8 Å². The molecule has 2 atom stereocenters. The molecule has 2 heterocycles. The second-order valence-electron chi connectivity index (χ2n) is 9.24. The van der Waals surface area contributed by atoms with Crippen LogP contribution < -0.4 is 4.90 Å². The van der Waals surface area contributed by atoms with Crippen LogP contribution in [0.4, 0.5) is 5.69 Å². The van der Waals surface area contributed by atoms with Crippen LogP contribution in [0.1, 0.15) is 36.5 Å². The number of amides is 2. The maximum atomic E-state index is 13.1. The molecular weight excluding hydrogens is 408 g/mol. The summed E-state index contributed by atoms with van der Waals surface area (Å²) in [5.41, 5.74) is 1.72. The second kappa shape index (κ2) is 10.8. The van der Waals surface area contributed by atoms with Crippen molar-refractivity contribution in [1.29, 1.82) is 0 Å². The minimum absolute atomic E-state index is 0.0177. The SMILES string of the molecule is CC(=O)N1CCN(CC[C@@H]2CN(C(=O)c3ccc(N(C)C)cc3)CC[C@H]2CC(=O)O)CC1. The first-order chi connectivity index (χ1) is 15.2. The minimum atomic E-state index is -0.769. The van der Waals surface area contributed by atoms with Gasteiger partial charge in [-0.05, 0) is 55.5 Å². The Morgan fingerprint density at radius 2 is 1.62 bits per heavy atom. The van der Waals surface area contributed by atoms with Gasteiger partial charge < -0.3 is 19.8 Å². The summed E-state index contributed by atoms with van der Waals surface area (Å²) in [7, 11) is 3.93. The molecule has 32 heavy (non-hydrogen) atoms. The number of rotatable bonds is 7. The van der Waals surface area contributed by atoms with E-state index in [0.29, 0.717) is 18.7 Å². The van der Waals surface area contributed by atoms with Crippen molar-refractivity contribution in [2.24, 2.45) is 11.8 Å². The van der Waals surface area contributed by atoms with Crippen molar-refractivity contribution in [3.05, 3.63) is 29.8 Å². The fourth-order valence-corrected chi connectivity index (χ4v) is 4.80. The molecule has 0 saturated carbocycles. The lowest BCUT2D eigenvalue weighted by Crippen LogP contribution is -2.49. The number of carbonyl (C=O) groups excluding carboxylic acids is 2. The Morgan fingerprint density at radius 3 is 2.19 bits per heavy atom. The predicted octanol–water partition coefficient (Wildman–Crippen LogP) is 1.86. The number of benzene rings is 1. The summed E-state index contributed by atoms with van der Waals surface area (Å²) in [6.07, 6.45) is 1.74. The number of anilines is 1. The fourth-order valence-electron chi connectivity index (χ4n) is 4.80. The Kier molecular flexibility index (Phi) is 8.12. The van der Waals surface area contributed by atoms with Gasteiger partial charge in [0.05, 0.1) is 0 Å². The van der Waals surface area contributed by atoms with Crippen molar-refractivity contribution in [2.45, 2.75) is 26.2 Å². The summed E-state index contributed by atoms with van der Waals surface area (Å²) < 4.78 is 0. The minimum Gasteiger partial charge on any atom is -0.481 e. The molecule has 2 saturated heterocycles.